The third kappa shape index (κ3) is 7.78. The highest BCUT2D eigenvalue weighted by Crippen LogP contribution is 2.58. The van der Waals surface area contributed by atoms with Gasteiger partial charge in [-0.15, -0.1) is 9.97 Å². The van der Waals surface area contributed by atoms with E-state index >= 15 is 26.3 Å². The maximum absolute atomic E-state index is 15.0. The molecule has 1 aliphatic rings. The van der Waals surface area contributed by atoms with Crippen molar-refractivity contribution in [3.8, 4) is 48.6 Å². The molecule has 0 unspecified atom stereocenters. The van der Waals surface area contributed by atoms with Crippen LogP contribution in [0.15, 0.2) is 16.7 Å². The van der Waals surface area contributed by atoms with Gasteiger partial charge in [0.15, 0.2) is 92.6 Å². The molecular formula is C48F12N18. The van der Waals surface area contributed by atoms with E-state index < -0.39 is 137 Å². The molecule has 0 bridgehead atoms. The Labute approximate surface area is 422 Å². The molecule has 0 radical (unpaired) electrons. The highest BCUT2D eigenvalue weighted by Gasteiger charge is 2.46. The second-order valence-electron chi connectivity index (χ2n) is 14.4. The van der Waals surface area contributed by atoms with Crippen molar-refractivity contribution in [1.29, 1.82) is 42.1 Å². The van der Waals surface area contributed by atoms with Crippen molar-refractivity contribution in [2.24, 2.45) is 0 Å². The molecule has 1 aliphatic carbocycles. The summed E-state index contributed by atoms with van der Waals surface area (Å²) in [5.74, 6) is -30.3. The molecule has 0 N–H and O–H groups in total. The number of benzene rings is 4. The van der Waals surface area contributed by atoms with Gasteiger partial charge in [-0.05, 0) is 16.7 Å². The van der Waals surface area contributed by atoms with Crippen LogP contribution in [0.4, 0.5) is 70.0 Å². The maximum atomic E-state index is 15.0. The van der Waals surface area contributed by atoms with Crippen LogP contribution in [0, 0.1) is 187 Å². The normalized spacial score (nSPS) is 12.9. The van der Waals surface area contributed by atoms with Crippen molar-refractivity contribution in [2.75, 3.05) is 0 Å². The Morgan fingerprint density at radius 1 is 0.333 bits per heavy atom. The first-order valence-electron chi connectivity index (χ1n) is 19.5. The Balaban J connectivity index is 0.000000251. The number of allylic oxidation sites excluding steroid dienone is 5. The van der Waals surface area contributed by atoms with E-state index in [1.807, 2.05) is 0 Å². The van der Waals surface area contributed by atoms with E-state index in [2.05, 4.69) is 49.3 Å². The fraction of sp³-hybridized carbons (Fsp3) is 0. The third-order valence-corrected chi connectivity index (χ3v) is 10.6. The third-order valence-electron chi connectivity index (χ3n) is 10.6. The molecule has 3 aromatic heterocycles. The molecule has 0 spiro atoms. The molecule has 30 heteroatoms. The topological polar surface area (TPSA) is 285 Å². The second kappa shape index (κ2) is 20.0. The van der Waals surface area contributed by atoms with Gasteiger partial charge in [0.05, 0.1) is 41.0 Å². The van der Waals surface area contributed by atoms with E-state index in [1.54, 1.807) is 24.3 Å². The first kappa shape index (κ1) is 53.0. The van der Waals surface area contributed by atoms with Gasteiger partial charge in [-0.2, -0.15) is 42.1 Å². The SMILES string of the molecule is [C-]#[N+]C(=C1C(=C(C#N)c2c(F)c(F)c(C#N)c(F)c2F)C1=C(C#N)c1c(F)c(F)c([N+]#[C-])c(F)c1F)c1c(F)c(F)c(C#N)c(F)c1F.[C-]#[N+]c1nc2c3nc(C#N)c(C#N)nc3c3nc(C#N)c(C#N)nc3c2nc1[N+]#[C-]. The van der Waals surface area contributed by atoms with Crippen LogP contribution >= 0.6 is 0 Å². The Morgan fingerprint density at radius 3 is 0.859 bits per heavy atom. The van der Waals surface area contributed by atoms with Gasteiger partial charge >= 0.3 is 0 Å². The summed E-state index contributed by atoms with van der Waals surface area (Å²) in [6.45, 7) is 28.6. The minimum absolute atomic E-state index is 0.00714. The Morgan fingerprint density at radius 2 is 0.615 bits per heavy atom. The molecule has 1 saturated carbocycles. The number of halogens is 12. The Bertz CT molecular complexity index is 4020. The van der Waals surface area contributed by atoms with Crippen molar-refractivity contribution < 1.29 is 52.7 Å². The Hall–Kier alpha value is -12.8. The molecule has 7 aromatic rings. The standard InChI is InChI=1S/C30F12N6.C18N12/c1-47-29(16-25(39)19(33)10(6-46)20(34)26(16)40)15-11(7(3-43)13-21(35)17(31)9(5-45)18(32)22(13)36)12(15)8(4-44)14-23(37)27(41)30(48-2)28(42)24(14)38;1-23-17-18(24-2)30-16-14-12(26-8(4-20)10(6-22)28-14)11-13(15(16)29-17)27-9(5-21)7(3-19)25-11. The largest absolute Gasteiger partial charge is 0.370 e. The summed E-state index contributed by atoms with van der Waals surface area (Å²) in [5.41, 5.74) is -22.6. The van der Waals surface area contributed by atoms with Gasteiger partial charge in [0.1, 0.15) is 81.7 Å². The maximum Gasteiger partial charge on any atom is 0.294 e. The number of rotatable bonds is 3. The summed E-state index contributed by atoms with van der Waals surface area (Å²) < 4.78 is 177. The smallest absolute Gasteiger partial charge is 0.294 e. The molecular weight excluding hydrogens is 1060 g/mol. The van der Waals surface area contributed by atoms with Crippen molar-refractivity contribution in [2.45, 2.75) is 0 Å². The lowest BCUT2D eigenvalue weighted by Gasteiger charge is -2.08. The van der Waals surface area contributed by atoms with Crippen LogP contribution in [-0.2, 0) is 0 Å². The molecule has 8 rings (SSSR count). The predicted molar refractivity (Wildman–Crippen MR) is 230 cm³/mol. The summed E-state index contributed by atoms with van der Waals surface area (Å²) in [4.78, 5) is 36.0. The van der Waals surface area contributed by atoms with E-state index in [0.717, 1.165) is 24.3 Å². The summed E-state index contributed by atoms with van der Waals surface area (Å²) >= 11 is 0. The summed E-state index contributed by atoms with van der Waals surface area (Å²) in [6.07, 6.45) is 0. The molecule has 1 fully saturated rings. The Kier molecular flexibility index (Phi) is 13.6. The van der Waals surface area contributed by atoms with Gasteiger partial charge in [-0.1, -0.05) is 13.1 Å². The molecule has 18 nitrogen and oxygen atoms in total. The second-order valence-corrected chi connectivity index (χ2v) is 14.4. The summed E-state index contributed by atoms with van der Waals surface area (Å²) in [6, 6.07) is 10.5. The van der Waals surface area contributed by atoms with Crippen LogP contribution in [0.5, 0.6) is 0 Å². The minimum Gasteiger partial charge on any atom is -0.370 e. The molecule has 3 heterocycles. The lowest BCUT2D eigenvalue weighted by molar-refractivity contribution is 0.446. The van der Waals surface area contributed by atoms with Crippen LogP contribution in [-0.4, -0.2) is 29.9 Å². The average molecular weight is 1060 g/mol. The van der Waals surface area contributed by atoms with E-state index in [-0.39, 0.29) is 67.5 Å². The number of hydrogen-bond acceptors (Lipinski definition) is 14. The zero-order valence-corrected chi connectivity index (χ0v) is 36.6. The lowest BCUT2D eigenvalue weighted by atomic mass is 9.99. The molecule has 0 aliphatic heterocycles. The molecule has 0 atom stereocenters. The fourth-order valence-corrected chi connectivity index (χ4v) is 7.20. The van der Waals surface area contributed by atoms with E-state index in [4.69, 9.17) is 36.8 Å². The van der Waals surface area contributed by atoms with Gasteiger partial charge in [0, 0.05) is 0 Å². The van der Waals surface area contributed by atoms with Gasteiger partial charge < -0.3 is 9.69 Å². The van der Waals surface area contributed by atoms with Crippen molar-refractivity contribution in [3.05, 3.63) is 183 Å². The number of nitrogens with zero attached hydrogens (tertiary/aromatic N) is 18. The van der Waals surface area contributed by atoms with Crippen LogP contribution in [0.2, 0.25) is 0 Å². The van der Waals surface area contributed by atoms with Gasteiger partial charge in [-0.25, -0.2) is 82.3 Å². The average Bonchev–Trinajstić information content (AvgIpc) is 4.25. The van der Waals surface area contributed by atoms with Gasteiger partial charge in [-0.3, -0.25) is 0 Å². The quantitative estimate of drug-likeness (QED) is 0.0523. The van der Waals surface area contributed by atoms with Crippen molar-refractivity contribution >= 4 is 67.3 Å². The van der Waals surface area contributed by atoms with Gasteiger partial charge in [0.2, 0.25) is 16.7 Å². The molecule has 4 aromatic carbocycles. The lowest BCUT2D eigenvalue weighted by Crippen LogP contribution is -2.06. The minimum atomic E-state index is -2.52. The number of fused-ring (bicyclic) bond motifs is 6. The van der Waals surface area contributed by atoms with Crippen LogP contribution in [0.25, 0.3) is 69.3 Å². The fourth-order valence-electron chi connectivity index (χ4n) is 7.20. The molecule has 0 amide bonds. The predicted octanol–water partition coefficient (Wildman–Crippen LogP) is 10.4. The van der Waals surface area contributed by atoms with Crippen LogP contribution in [0.1, 0.15) is 50.6 Å². The number of nitriles is 8. The zero-order chi connectivity index (χ0) is 57.5. The van der Waals surface area contributed by atoms with E-state index in [1.165, 1.54) is 0 Å². The monoisotopic (exact) mass is 1060 g/mol. The van der Waals surface area contributed by atoms with Crippen LogP contribution in [0.3, 0.4) is 0 Å². The van der Waals surface area contributed by atoms with Gasteiger partial charge in [0.25, 0.3) is 17.3 Å². The van der Waals surface area contributed by atoms with Crippen molar-refractivity contribution in [1.82, 2.24) is 29.9 Å². The first-order chi connectivity index (χ1) is 37.2. The van der Waals surface area contributed by atoms with Crippen LogP contribution < -0.4 is 0 Å². The number of hydrogen-bond donors (Lipinski definition) is 0. The highest BCUT2D eigenvalue weighted by molar-refractivity contribution is 6.19. The van der Waals surface area contributed by atoms with Crippen molar-refractivity contribution in [3.63, 3.8) is 0 Å². The van der Waals surface area contributed by atoms with E-state index in [9.17, 15) is 57.9 Å². The summed E-state index contributed by atoms with van der Waals surface area (Å²) in [7, 11) is 0. The highest BCUT2D eigenvalue weighted by atomic mass is 19.2. The van der Waals surface area contributed by atoms with E-state index in [0.29, 0.717) is 0 Å². The first-order valence-corrected chi connectivity index (χ1v) is 19.5. The molecule has 366 valence electrons. The zero-order valence-electron chi connectivity index (χ0n) is 36.6. The molecule has 0 saturated heterocycles. The molecule has 78 heavy (non-hydrogen) atoms. The number of aromatic nitrogens is 6. The summed E-state index contributed by atoms with van der Waals surface area (Å²) in [5, 5.41) is 74.5.